The normalized spacial score (nSPS) is 22.0. The number of carboxylic acid groups (broad SMARTS) is 1. The Morgan fingerprint density at radius 2 is 1.84 bits per heavy atom. The standard InChI is InChI=1S/C29H33N3O6/c1-18-2-9-25-24(16-18)28(34)32(31-30-25)17-21-5-8-23(26(21)29(35)36)27(33)20-3-6-22(7-4-20)38-15-12-19-10-13-37-14-11-19/h2-4,6-7,9,16,19,21,23,26H,5,8,10-15,17H2,1H3,(H,35,36)/t21-,23-,26-/m0/s1. The topological polar surface area (TPSA) is 121 Å². The van der Waals surface area contributed by atoms with Crippen molar-refractivity contribution >= 4 is 22.7 Å². The van der Waals surface area contributed by atoms with Crippen LogP contribution in [0.4, 0.5) is 0 Å². The van der Waals surface area contributed by atoms with Gasteiger partial charge in [-0.3, -0.25) is 14.4 Å². The van der Waals surface area contributed by atoms with Gasteiger partial charge in [0.05, 0.1) is 24.5 Å². The van der Waals surface area contributed by atoms with Gasteiger partial charge < -0.3 is 14.6 Å². The van der Waals surface area contributed by atoms with Crippen molar-refractivity contribution in [1.29, 1.82) is 0 Å². The molecule has 3 aromatic rings. The van der Waals surface area contributed by atoms with Gasteiger partial charge in [-0.25, -0.2) is 4.68 Å². The lowest BCUT2D eigenvalue weighted by molar-refractivity contribution is -0.144. The Balaban J connectivity index is 1.24. The van der Waals surface area contributed by atoms with Gasteiger partial charge in [-0.15, -0.1) is 5.10 Å². The second-order valence-corrected chi connectivity index (χ2v) is 10.5. The molecule has 1 aromatic heterocycles. The van der Waals surface area contributed by atoms with Gasteiger partial charge in [0.25, 0.3) is 5.56 Å². The first-order chi connectivity index (χ1) is 18.4. The van der Waals surface area contributed by atoms with E-state index < -0.39 is 23.7 Å². The molecule has 1 aliphatic carbocycles. The molecule has 5 rings (SSSR count). The smallest absolute Gasteiger partial charge is 0.307 e. The van der Waals surface area contributed by atoms with Crippen molar-refractivity contribution in [3.8, 4) is 5.75 Å². The lowest BCUT2D eigenvalue weighted by Crippen LogP contribution is -2.34. The fourth-order valence-corrected chi connectivity index (χ4v) is 5.79. The van der Waals surface area contributed by atoms with Gasteiger partial charge in [-0.05, 0) is 87.3 Å². The van der Waals surface area contributed by atoms with E-state index in [1.807, 2.05) is 13.0 Å². The number of aryl methyl sites for hydroxylation is 1. The van der Waals surface area contributed by atoms with Crippen LogP contribution in [0.2, 0.25) is 0 Å². The van der Waals surface area contributed by atoms with Crippen LogP contribution in [0.15, 0.2) is 47.3 Å². The number of aromatic nitrogens is 3. The fourth-order valence-electron chi connectivity index (χ4n) is 5.79. The molecule has 200 valence electrons. The molecule has 3 atom stereocenters. The van der Waals surface area contributed by atoms with Crippen LogP contribution in [-0.4, -0.2) is 51.7 Å². The number of benzene rings is 2. The molecule has 1 saturated heterocycles. The number of fused-ring (bicyclic) bond motifs is 1. The number of aliphatic carboxylic acids is 1. The molecule has 9 heteroatoms. The molecule has 2 fully saturated rings. The van der Waals surface area contributed by atoms with Gasteiger partial charge in [0.1, 0.15) is 11.3 Å². The number of rotatable bonds is 9. The predicted molar refractivity (Wildman–Crippen MR) is 140 cm³/mol. The van der Waals surface area contributed by atoms with Crippen LogP contribution in [-0.2, 0) is 16.1 Å². The Labute approximate surface area is 220 Å². The van der Waals surface area contributed by atoms with E-state index in [1.54, 1.807) is 36.4 Å². The predicted octanol–water partition coefficient (Wildman–Crippen LogP) is 3.91. The molecule has 1 saturated carbocycles. The maximum atomic E-state index is 13.4. The Hall–Kier alpha value is -3.59. The van der Waals surface area contributed by atoms with Crippen molar-refractivity contribution in [3.05, 3.63) is 63.9 Å². The highest BCUT2D eigenvalue weighted by Crippen LogP contribution is 2.40. The molecule has 0 amide bonds. The van der Waals surface area contributed by atoms with Crippen LogP contribution >= 0.6 is 0 Å². The summed E-state index contributed by atoms with van der Waals surface area (Å²) in [6.07, 6.45) is 4.05. The van der Waals surface area contributed by atoms with Crippen LogP contribution in [0.1, 0.15) is 48.0 Å². The number of hydrogen-bond donors (Lipinski definition) is 1. The molecule has 2 aromatic carbocycles. The number of Topliss-reactive ketones (excluding diaryl/α,β-unsaturated/α-hetero) is 1. The maximum Gasteiger partial charge on any atom is 0.307 e. The first-order valence-electron chi connectivity index (χ1n) is 13.3. The van der Waals surface area contributed by atoms with E-state index in [0.717, 1.165) is 38.0 Å². The lowest BCUT2D eigenvalue weighted by Gasteiger charge is -2.22. The summed E-state index contributed by atoms with van der Waals surface area (Å²) in [5, 5.41) is 18.7. The zero-order chi connectivity index (χ0) is 26.6. The van der Waals surface area contributed by atoms with Gasteiger partial charge in [0, 0.05) is 24.7 Å². The van der Waals surface area contributed by atoms with Gasteiger partial charge in [0.2, 0.25) is 0 Å². The third-order valence-corrected chi connectivity index (χ3v) is 7.97. The summed E-state index contributed by atoms with van der Waals surface area (Å²) in [6, 6.07) is 12.3. The SMILES string of the molecule is Cc1ccc2nnn(C[C@@H]3CC[C@H](C(=O)c4ccc(OCCC5CCOCC5)cc4)[C@H]3C(=O)O)c(=O)c2c1. The highest BCUT2D eigenvalue weighted by atomic mass is 16.5. The van der Waals surface area contributed by atoms with Crippen molar-refractivity contribution in [1.82, 2.24) is 15.0 Å². The van der Waals surface area contributed by atoms with Crippen molar-refractivity contribution < 1.29 is 24.2 Å². The second-order valence-electron chi connectivity index (χ2n) is 10.5. The van der Waals surface area contributed by atoms with E-state index in [0.29, 0.717) is 47.6 Å². The molecule has 38 heavy (non-hydrogen) atoms. The summed E-state index contributed by atoms with van der Waals surface area (Å²) in [6.45, 7) is 4.24. The summed E-state index contributed by atoms with van der Waals surface area (Å²) < 4.78 is 12.5. The molecule has 1 aliphatic heterocycles. The zero-order valence-corrected chi connectivity index (χ0v) is 21.5. The van der Waals surface area contributed by atoms with E-state index in [2.05, 4.69) is 10.3 Å². The van der Waals surface area contributed by atoms with Gasteiger partial charge >= 0.3 is 5.97 Å². The van der Waals surface area contributed by atoms with Crippen LogP contribution < -0.4 is 10.3 Å². The first kappa shape index (κ1) is 26.0. The van der Waals surface area contributed by atoms with Gasteiger partial charge in [-0.1, -0.05) is 16.8 Å². The van der Waals surface area contributed by atoms with E-state index in [-0.39, 0.29) is 17.9 Å². The first-order valence-corrected chi connectivity index (χ1v) is 13.3. The quantitative estimate of drug-likeness (QED) is 0.423. The molecule has 0 unspecified atom stereocenters. The molecule has 9 nitrogen and oxygen atoms in total. The molecule has 0 bridgehead atoms. The molecular formula is C29H33N3O6. The molecule has 0 radical (unpaired) electrons. The largest absolute Gasteiger partial charge is 0.494 e. The van der Waals surface area contributed by atoms with E-state index in [9.17, 15) is 19.5 Å². The fraction of sp³-hybridized carbons (Fsp3) is 0.483. The van der Waals surface area contributed by atoms with E-state index in [4.69, 9.17) is 9.47 Å². The summed E-state index contributed by atoms with van der Waals surface area (Å²) in [5.74, 6) is -1.88. The number of ketones is 1. The Morgan fingerprint density at radius 3 is 2.58 bits per heavy atom. The Bertz CT molecular complexity index is 1360. The van der Waals surface area contributed by atoms with Gasteiger partial charge in [-0.2, -0.15) is 0 Å². The average Bonchev–Trinajstić information content (AvgIpc) is 3.35. The minimum atomic E-state index is -1.03. The number of carbonyl (C=O) groups is 2. The maximum absolute atomic E-state index is 13.4. The van der Waals surface area contributed by atoms with E-state index in [1.165, 1.54) is 4.68 Å². The molecule has 2 heterocycles. The van der Waals surface area contributed by atoms with Crippen LogP contribution in [0.25, 0.3) is 10.9 Å². The molecule has 0 spiro atoms. The summed E-state index contributed by atoms with van der Waals surface area (Å²) in [5.41, 5.74) is 1.60. The van der Waals surface area contributed by atoms with Crippen molar-refractivity contribution in [2.75, 3.05) is 19.8 Å². The average molecular weight is 520 g/mol. The number of ether oxygens (including phenoxy) is 2. The molecular weight excluding hydrogens is 486 g/mol. The summed E-state index contributed by atoms with van der Waals surface area (Å²) >= 11 is 0. The lowest BCUT2D eigenvalue weighted by atomic mass is 9.84. The number of carbonyl (C=O) groups excluding carboxylic acids is 1. The minimum absolute atomic E-state index is 0.107. The Kier molecular flexibility index (Phi) is 7.83. The van der Waals surface area contributed by atoms with Crippen LogP contribution in [0.5, 0.6) is 5.75 Å². The van der Waals surface area contributed by atoms with Crippen molar-refractivity contribution in [2.45, 2.75) is 45.6 Å². The molecule has 1 N–H and O–H groups in total. The highest BCUT2D eigenvalue weighted by molar-refractivity contribution is 6.00. The molecule has 2 aliphatic rings. The second kappa shape index (κ2) is 11.4. The summed E-state index contributed by atoms with van der Waals surface area (Å²) in [7, 11) is 0. The zero-order valence-electron chi connectivity index (χ0n) is 21.5. The van der Waals surface area contributed by atoms with E-state index >= 15 is 0 Å². The number of nitrogens with zero attached hydrogens (tertiary/aromatic N) is 3. The van der Waals surface area contributed by atoms with Crippen molar-refractivity contribution in [3.63, 3.8) is 0 Å². The van der Waals surface area contributed by atoms with Crippen LogP contribution in [0, 0.1) is 30.6 Å². The third kappa shape index (κ3) is 5.62. The highest BCUT2D eigenvalue weighted by Gasteiger charge is 2.45. The van der Waals surface area contributed by atoms with Gasteiger partial charge in [0.15, 0.2) is 5.78 Å². The third-order valence-electron chi connectivity index (χ3n) is 7.97. The Morgan fingerprint density at radius 1 is 1.08 bits per heavy atom. The monoisotopic (exact) mass is 519 g/mol. The number of carboxylic acids is 1. The minimum Gasteiger partial charge on any atom is -0.494 e. The summed E-state index contributed by atoms with van der Waals surface area (Å²) in [4.78, 5) is 38.7. The van der Waals surface area contributed by atoms with Crippen LogP contribution in [0.3, 0.4) is 0 Å². The number of hydrogen-bond acceptors (Lipinski definition) is 7. The van der Waals surface area contributed by atoms with Crippen molar-refractivity contribution in [2.24, 2.45) is 23.7 Å².